The highest BCUT2D eigenvalue weighted by molar-refractivity contribution is 5.94. The molecular formula is C18H19N7O2. The Morgan fingerprint density at radius 3 is 3.07 bits per heavy atom. The van der Waals surface area contributed by atoms with Gasteiger partial charge in [-0.1, -0.05) is 0 Å². The predicted octanol–water partition coefficient (Wildman–Crippen LogP) is 0.834. The molecule has 2 aliphatic heterocycles. The summed E-state index contributed by atoms with van der Waals surface area (Å²) in [6.07, 6.45) is 4.91. The van der Waals surface area contributed by atoms with Crippen LogP contribution >= 0.6 is 0 Å². The quantitative estimate of drug-likeness (QED) is 0.722. The number of carbonyl (C=O) groups is 1. The summed E-state index contributed by atoms with van der Waals surface area (Å²) in [7, 11) is 0. The Labute approximate surface area is 155 Å². The highest BCUT2D eigenvalue weighted by atomic mass is 16.5. The van der Waals surface area contributed by atoms with Gasteiger partial charge < -0.3 is 9.64 Å². The Balaban J connectivity index is 1.34. The molecule has 0 fully saturated rings. The lowest BCUT2D eigenvalue weighted by atomic mass is 10.1. The maximum atomic E-state index is 13.0. The third-order valence-electron chi connectivity index (χ3n) is 5.04. The van der Waals surface area contributed by atoms with E-state index in [0.29, 0.717) is 50.8 Å². The number of hydrogen-bond acceptors (Lipinski definition) is 6. The van der Waals surface area contributed by atoms with Gasteiger partial charge in [-0.3, -0.25) is 14.9 Å². The summed E-state index contributed by atoms with van der Waals surface area (Å²) in [5.74, 6) is 1.50. The van der Waals surface area contributed by atoms with Crippen LogP contribution in [0.1, 0.15) is 27.6 Å². The van der Waals surface area contributed by atoms with Gasteiger partial charge in [-0.05, 0) is 12.1 Å². The van der Waals surface area contributed by atoms with Crippen molar-refractivity contribution in [2.45, 2.75) is 26.0 Å². The number of fused-ring (bicyclic) bond motifs is 2. The molecule has 1 amide bonds. The lowest BCUT2D eigenvalue weighted by Crippen LogP contribution is -2.34. The van der Waals surface area contributed by atoms with Crippen LogP contribution in [0.5, 0.6) is 0 Å². The normalized spacial score (nSPS) is 16.5. The van der Waals surface area contributed by atoms with Gasteiger partial charge >= 0.3 is 0 Å². The predicted molar refractivity (Wildman–Crippen MR) is 94.8 cm³/mol. The number of H-pyrrole nitrogens is 1. The summed E-state index contributed by atoms with van der Waals surface area (Å²) < 4.78 is 7.38. The van der Waals surface area contributed by atoms with E-state index >= 15 is 0 Å². The molecule has 0 radical (unpaired) electrons. The van der Waals surface area contributed by atoms with Crippen LogP contribution in [0.3, 0.4) is 0 Å². The number of nitrogens with one attached hydrogen (secondary N) is 1. The smallest absolute Gasteiger partial charge is 0.274 e. The Hall–Kier alpha value is -3.07. The van der Waals surface area contributed by atoms with Crippen molar-refractivity contribution in [3.05, 3.63) is 47.3 Å². The second-order valence-corrected chi connectivity index (χ2v) is 6.69. The van der Waals surface area contributed by atoms with Gasteiger partial charge in [0.15, 0.2) is 11.5 Å². The van der Waals surface area contributed by atoms with Gasteiger partial charge in [0.25, 0.3) is 5.91 Å². The standard InChI is InChI=1S/C18H19N7O2/c26-18(16-13-11-27-9-4-14(13)21-22-16)24-6-3-15-20-17(23-25(15)8-7-24)12-2-1-5-19-10-12/h1-2,5,10H,3-4,6-9,11H2,(H,21,22). The van der Waals surface area contributed by atoms with E-state index in [2.05, 4.69) is 25.3 Å². The summed E-state index contributed by atoms with van der Waals surface area (Å²) in [6, 6.07) is 3.82. The number of hydrogen-bond donors (Lipinski definition) is 1. The van der Waals surface area contributed by atoms with Crippen molar-refractivity contribution in [2.75, 3.05) is 19.7 Å². The molecule has 0 saturated heterocycles. The number of ether oxygens (including phenoxy) is 1. The molecule has 0 unspecified atom stereocenters. The maximum absolute atomic E-state index is 13.0. The summed E-state index contributed by atoms with van der Waals surface area (Å²) in [6.45, 7) is 2.88. The van der Waals surface area contributed by atoms with E-state index in [9.17, 15) is 4.79 Å². The molecule has 0 saturated carbocycles. The minimum Gasteiger partial charge on any atom is -0.376 e. The van der Waals surface area contributed by atoms with E-state index < -0.39 is 0 Å². The van der Waals surface area contributed by atoms with E-state index in [-0.39, 0.29) is 5.91 Å². The first-order valence-electron chi connectivity index (χ1n) is 9.07. The SMILES string of the molecule is O=C(c1n[nH]c2c1COCC2)N1CCc2nc(-c3cccnc3)nn2CC1. The zero-order chi connectivity index (χ0) is 18.2. The number of rotatable bonds is 2. The first-order chi connectivity index (χ1) is 13.3. The number of amides is 1. The molecule has 9 nitrogen and oxygen atoms in total. The summed E-state index contributed by atoms with van der Waals surface area (Å²) in [4.78, 5) is 23.6. The number of nitrogens with zero attached hydrogens (tertiary/aromatic N) is 6. The van der Waals surface area contributed by atoms with Gasteiger partial charge in [-0.2, -0.15) is 10.2 Å². The molecule has 27 heavy (non-hydrogen) atoms. The van der Waals surface area contributed by atoms with Crippen LogP contribution in [0.4, 0.5) is 0 Å². The largest absolute Gasteiger partial charge is 0.376 e. The first kappa shape index (κ1) is 16.1. The Morgan fingerprint density at radius 2 is 2.19 bits per heavy atom. The fourth-order valence-corrected chi connectivity index (χ4v) is 3.56. The van der Waals surface area contributed by atoms with Gasteiger partial charge in [0.05, 0.1) is 19.8 Å². The second-order valence-electron chi connectivity index (χ2n) is 6.69. The van der Waals surface area contributed by atoms with Gasteiger partial charge in [0.1, 0.15) is 5.82 Å². The van der Waals surface area contributed by atoms with Crippen LogP contribution in [0.25, 0.3) is 11.4 Å². The van der Waals surface area contributed by atoms with Gasteiger partial charge in [-0.25, -0.2) is 9.67 Å². The van der Waals surface area contributed by atoms with E-state index in [1.54, 1.807) is 12.4 Å². The van der Waals surface area contributed by atoms with E-state index in [1.165, 1.54) is 0 Å². The molecule has 0 aliphatic carbocycles. The minimum absolute atomic E-state index is 0.0590. The average Bonchev–Trinajstić information content (AvgIpc) is 3.28. The second kappa shape index (κ2) is 6.58. The van der Waals surface area contributed by atoms with Crippen molar-refractivity contribution in [3.63, 3.8) is 0 Å². The number of aromatic nitrogens is 6. The third-order valence-corrected chi connectivity index (χ3v) is 5.04. The van der Waals surface area contributed by atoms with Gasteiger partial charge in [0, 0.05) is 55.1 Å². The fourth-order valence-electron chi connectivity index (χ4n) is 3.56. The highest BCUT2D eigenvalue weighted by Gasteiger charge is 2.28. The first-order valence-corrected chi connectivity index (χ1v) is 9.07. The van der Waals surface area contributed by atoms with Crippen molar-refractivity contribution in [1.82, 2.24) is 34.8 Å². The minimum atomic E-state index is -0.0590. The van der Waals surface area contributed by atoms with Crippen LogP contribution in [0, 0.1) is 0 Å². The molecule has 3 aromatic heterocycles. The van der Waals surface area contributed by atoms with Crippen molar-refractivity contribution < 1.29 is 9.53 Å². The Bertz CT molecular complexity index is 954. The summed E-state index contributed by atoms with van der Waals surface area (Å²) in [5.41, 5.74) is 3.28. The average molecular weight is 365 g/mol. The summed E-state index contributed by atoms with van der Waals surface area (Å²) >= 11 is 0. The van der Waals surface area contributed by atoms with Crippen LogP contribution in [0.2, 0.25) is 0 Å². The molecule has 1 N–H and O–H groups in total. The van der Waals surface area contributed by atoms with Crippen LogP contribution in [-0.2, 0) is 30.7 Å². The fraction of sp³-hybridized carbons (Fsp3) is 0.389. The van der Waals surface area contributed by atoms with E-state index in [1.807, 2.05) is 21.7 Å². The zero-order valence-electron chi connectivity index (χ0n) is 14.8. The van der Waals surface area contributed by atoms with Crippen LogP contribution < -0.4 is 0 Å². The molecule has 0 aromatic carbocycles. The van der Waals surface area contributed by atoms with Crippen molar-refractivity contribution in [3.8, 4) is 11.4 Å². The Kier molecular flexibility index (Phi) is 3.93. The van der Waals surface area contributed by atoms with E-state index in [4.69, 9.17) is 4.74 Å². The van der Waals surface area contributed by atoms with Crippen LogP contribution in [0.15, 0.2) is 24.5 Å². The topological polar surface area (TPSA) is 102 Å². The lowest BCUT2D eigenvalue weighted by Gasteiger charge is -2.20. The van der Waals surface area contributed by atoms with Crippen molar-refractivity contribution in [2.24, 2.45) is 0 Å². The monoisotopic (exact) mass is 365 g/mol. The molecule has 2 aliphatic rings. The maximum Gasteiger partial charge on any atom is 0.274 e. The molecule has 0 spiro atoms. The Morgan fingerprint density at radius 1 is 1.22 bits per heavy atom. The molecule has 5 heterocycles. The lowest BCUT2D eigenvalue weighted by molar-refractivity contribution is 0.0738. The van der Waals surface area contributed by atoms with Crippen molar-refractivity contribution >= 4 is 5.91 Å². The molecule has 9 heteroatoms. The van der Waals surface area contributed by atoms with Gasteiger partial charge in [0.2, 0.25) is 0 Å². The molecule has 0 atom stereocenters. The number of carbonyl (C=O) groups excluding carboxylic acids is 1. The molecular weight excluding hydrogens is 346 g/mol. The summed E-state index contributed by atoms with van der Waals surface area (Å²) in [5, 5.41) is 11.8. The molecule has 0 bridgehead atoms. The molecule has 3 aromatic rings. The third kappa shape index (κ3) is 2.89. The molecule has 138 valence electrons. The van der Waals surface area contributed by atoms with E-state index in [0.717, 1.165) is 29.1 Å². The number of aromatic amines is 1. The van der Waals surface area contributed by atoms with Crippen LogP contribution in [-0.4, -0.2) is 60.4 Å². The number of pyridine rings is 1. The highest BCUT2D eigenvalue weighted by Crippen LogP contribution is 2.21. The van der Waals surface area contributed by atoms with Gasteiger partial charge in [-0.15, -0.1) is 0 Å². The zero-order valence-corrected chi connectivity index (χ0v) is 14.8. The van der Waals surface area contributed by atoms with Crippen molar-refractivity contribution in [1.29, 1.82) is 0 Å². The molecule has 5 rings (SSSR count).